The predicted molar refractivity (Wildman–Crippen MR) is 103 cm³/mol. The highest BCUT2D eigenvalue weighted by Gasteiger charge is 2.21. The van der Waals surface area contributed by atoms with Gasteiger partial charge in [-0.15, -0.1) is 0 Å². The number of nitrogens with one attached hydrogen (secondary N) is 2. The summed E-state index contributed by atoms with van der Waals surface area (Å²) in [6.45, 7) is 1.92. The van der Waals surface area contributed by atoms with Crippen LogP contribution in [0.1, 0.15) is 40.3 Å². The lowest BCUT2D eigenvalue weighted by molar-refractivity contribution is -0.119. The second kappa shape index (κ2) is 8.31. The van der Waals surface area contributed by atoms with E-state index in [9.17, 15) is 9.59 Å². The number of rotatable bonds is 6. The highest BCUT2D eigenvalue weighted by atomic mass is 16.2. The molecule has 0 radical (unpaired) electrons. The summed E-state index contributed by atoms with van der Waals surface area (Å²) in [6.07, 6.45) is 3.57. The zero-order valence-corrected chi connectivity index (χ0v) is 15.3. The first-order chi connectivity index (χ1) is 13.0. The monoisotopic (exact) mass is 362 g/mol. The molecule has 2 N–H and O–H groups in total. The SMILES string of the molecule is CC(=O)NCc1ccc(C(=O)NC(c2ccccc2)c2nccn2C)cc1. The molecule has 3 aromatic rings. The summed E-state index contributed by atoms with van der Waals surface area (Å²) < 4.78 is 1.90. The quantitative estimate of drug-likeness (QED) is 0.708. The Morgan fingerprint density at radius 2 is 1.78 bits per heavy atom. The predicted octanol–water partition coefficient (Wildman–Crippen LogP) is 2.58. The summed E-state index contributed by atoms with van der Waals surface area (Å²) in [4.78, 5) is 28.2. The maximum atomic E-state index is 12.8. The smallest absolute Gasteiger partial charge is 0.252 e. The minimum atomic E-state index is -0.349. The Kier molecular flexibility index (Phi) is 5.66. The number of aryl methyl sites for hydroxylation is 1. The van der Waals surface area contributed by atoms with E-state index in [1.807, 2.05) is 60.3 Å². The lowest BCUT2D eigenvalue weighted by Gasteiger charge is -2.19. The third-order valence-corrected chi connectivity index (χ3v) is 4.28. The van der Waals surface area contributed by atoms with Crippen LogP contribution in [0.5, 0.6) is 0 Å². The molecule has 2 aromatic carbocycles. The van der Waals surface area contributed by atoms with Crippen LogP contribution in [-0.4, -0.2) is 21.4 Å². The number of hydrogen-bond acceptors (Lipinski definition) is 3. The van der Waals surface area contributed by atoms with E-state index >= 15 is 0 Å². The molecular formula is C21H22N4O2. The largest absolute Gasteiger partial charge is 0.352 e. The number of hydrogen-bond donors (Lipinski definition) is 2. The van der Waals surface area contributed by atoms with Crippen LogP contribution in [0.3, 0.4) is 0 Å². The van der Waals surface area contributed by atoms with Gasteiger partial charge in [-0.3, -0.25) is 9.59 Å². The van der Waals surface area contributed by atoms with E-state index in [1.54, 1.807) is 18.3 Å². The van der Waals surface area contributed by atoms with E-state index in [4.69, 9.17) is 0 Å². The van der Waals surface area contributed by atoms with Crippen molar-refractivity contribution in [1.82, 2.24) is 20.2 Å². The van der Waals surface area contributed by atoms with Crippen LogP contribution in [0.4, 0.5) is 0 Å². The Balaban J connectivity index is 1.79. The van der Waals surface area contributed by atoms with Crippen molar-refractivity contribution in [3.05, 3.63) is 89.5 Å². The van der Waals surface area contributed by atoms with Gasteiger partial charge in [0.05, 0.1) is 0 Å². The van der Waals surface area contributed by atoms with Crippen molar-refractivity contribution >= 4 is 11.8 Å². The van der Waals surface area contributed by atoms with Crippen LogP contribution in [0.15, 0.2) is 67.0 Å². The highest BCUT2D eigenvalue weighted by molar-refractivity contribution is 5.94. The minimum absolute atomic E-state index is 0.0856. The summed E-state index contributed by atoms with van der Waals surface area (Å²) in [5.41, 5.74) is 2.45. The van der Waals surface area contributed by atoms with E-state index in [0.717, 1.165) is 17.0 Å². The van der Waals surface area contributed by atoms with Crippen LogP contribution in [0, 0.1) is 0 Å². The molecule has 0 aliphatic carbocycles. The number of imidazole rings is 1. The van der Waals surface area contributed by atoms with Crippen molar-refractivity contribution in [3.8, 4) is 0 Å². The minimum Gasteiger partial charge on any atom is -0.352 e. The van der Waals surface area contributed by atoms with E-state index < -0.39 is 0 Å². The molecule has 0 bridgehead atoms. The van der Waals surface area contributed by atoms with Gasteiger partial charge >= 0.3 is 0 Å². The summed E-state index contributed by atoms with van der Waals surface area (Å²) in [5, 5.41) is 5.81. The molecule has 0 spiro atoms. The summed E-state index contributed by atoms with van der Waals surface area (Å²) in [5.74, 6) is 0.493. The molecule has 1 aromatic heterocycles. The highest BCUT2D eigenvalue weighted by Crippen LogP contribution is 2.21. The molecule has 0 aliphatic heterocycles. The van der Waals surface area contributed by atoms with Gasteiger partial charge in [0.25, 0.3) is 5.91 Å². The molecule has 1 atom stereocenters. The third kappa shape index (κ3) is 4.61. The van der Waals surface area contributed by atoms with Crippen LogP contribution in [0.25, 0.3) is 0 Å². The van der Waals surface area contributed by atoms with Gasteiger partial charge in [0.2, 0.25) is 5.91 Å². The molecule has 0 saturated carbocycles. The molecule has 138 valence electrons. The molecule has 6 nitrogen and oxygen atoms in total. The lowest BCUT2D eigenvalue weighted by Crippen LogP contribution is -2.31. The van der Waals surface area contributed by atoms with Gasteiger partial charge in [0.15, 0.2) is 0 Å². The molecule has 1 heterocycles. The van der Waals surface area contributed by atoms with Crippen molar-refractivity contribution in [2.75, 3.05) is 0 Å². The molecule has 1 unspecified atom stereocenters. The zero-order chi connectivity index (χ0) is 19.2. The second-order valence-electron chi connectivity index (χ2n) is 6.32. The Morgan fingerprint density at radius 1 is 1.07 bits per heavy atom. The number of carbonyl (C=O) groups excluding carboxylic acids is 2. The number of nitrogens with zero attached hydrogens (tertiary/aromatic N) is 2. The summed E-state index contributed by atoms with van der Waals surface area (Å²) in [7, 11) is 1.90. The van der Waals surface area contributed by atoms with Crippen LogP contribution < -0.4 is 10.6 Å². The van der Waals surface area contributed by atoms with Crippen LogP contribution >= 0.6 is 0 Å². The summed E-state index contributed by atoms with van der Waals surface area (Å²) >= 11 is 0. The van der Waals surface area contributed by atoms with E-state index in [1.165, 1.54) is 6.92 Å². The number of aromatic nitrogens is 2. The van der Waals surface area contributed by atoms with Crippen molar-refractivity contribution in [3.63, 3.8) is 0 Å². The Morgan fingerprint density at radius 3 is 2.37 bits per heavy atom. The van der Waals surface area contributed by atoms with Crippen molar-refractivity contribution in [2.24, 2.45) is 7.05 Å². The average molecular weight is 362 g/mol. The molecule has 6 heteroatoms. The Hall–Kier alpha value is -3.41. The fourth-order valence-electron chi connectivity index (χ4n) is 2.81. The van der Waals surface area contributed by atoms with Crippen LogP contribution in [-0.2, 0) is 18.4 Å². The Labute approximate surface area is 158 Å². The van der Waals surface area contributed by atoms with Gasteiger partial charge in [-0.25, -0.2) is 4.98 Å². The first-order valence-corrected chi connectivity index (χ1v) is 8.71. The molecular weight excluding hydrogens is 340 g/mol. The normalized spacial score (nSPS) is 11.6. The van der Waals surface area contributed by atoms with E-state index in [2.05, 4.69) is 15.6 Å². The summed E-state index contributed by atoms with van der Waals surface area (Å²) in [6, 6.07) is 16.6. The average Bonchev–Trinajstić information content (AvgIpc) is 3.11. The zero-order valence-electron chi connectivity index (χ0n) is 15.3. The third-order valence-electron chi connectivity index (χ3n) is 4.28. The van der Waals surface area contributed by atoms with Crippen molar-refractivity contribution < 1.29 is 9.59 Å². The molecule has 2 amide bonds. The first-order valence-electron chi connectivity index (χ1n) is 8.71. The van der Waals surface area contributed by atoms with Gasteiger partial charge in [-0.05, 0) is 23.3 Å². The van der Waals surface area contributed by atoms with Gasteiger partial charge < -0.3 is 15.2 Å². The van der Waals surface area contributed by atoms with Gasteiger partial charge in [0.1, 0.15) is 11.9 Å². The maximum Gasteiger partial charge on any atom is 0.252 e. The second-order valence-corrected chi connectivity index (χ2v) is 6.32. The fourth-order valence-corrected chi connectivity index (χ4v) is 2.81. The lowest BCUT2D eigenvalue weighted by atomic mass is 10.0. The first kappa shape index (κ1) is 18.4. The van der Waals surface area contributed by atoms with E-state index in [-0.39, 0.29) is 17.9 Å². The topological polar surface area (TPSA) is 76.0 Å². The molecule has 0 aliphatic rings. The number of amides is 2. The molecule has 0 saturated heterocycles. The number of benzene rings is 2. The van der Waals surface area contributed by atoms with Crippen LogP contribution in [0.2, 0.25) is 0 Å². The number of carbonyl (C=O) groups is 2. The van der Waals surface area contributed by atoms with Gasteiger partial charge in [0, 0.05) is 38.5 Å². The van der Waals surface area contributed by atoms with Crippen molar-refractivity contribution in [1.29, 1.82) is 0 Å². The maximum absolute atomic E-state index is 12.8. The van der Waals surface area contributed by atoms with Gasteiger partial charge in [-0.1, -0.05) is 42.5 Å². The van der Waals surface area contributed by atoms with Gasteiger partial charge in [-0.2, -0.15) is 0 Å². The molecule has 27 heavy (non-hydrogen) atoms. The Bertz CT molecular complexity index is 917. The molecule has 0 fully saturated rings. The van der Waals surface area contributed by atoms with Crippen molar-refractivity contribution in [2.45, 2.75) is 19.5 Å². The standard InChI is InChI=1S/C21H22N4O2/c1-15(26)23-14-16-8-10-18(11-9-16)21(27)24-19(17-6-4-3-5-7-17)20-22-12-13-25(20)2/h3-13,19H,14H2,1-2H3,(H,23,26)(H,24,27). The van der Waals surface area contributed by atoms with E-state index in [0.29, 0.717) is 12.1 Å². The fraction of sp³-hybridized carbons (Fsp3) is 0.190. The molecule has 3 rings (SSSR count).